The van der Waals surface area contributed by atoms with Crippen LogP contribution in [-0.4, -0.2) is 93.7 Å². The van der Waals surface area contributed by atoms with Crippen molar-refractivity contribution in [2.45, 2.75) is 97.3 Å². The van der Waals surface area contributed by atoms with Gasteiger partial charge in [-0.2, -0.15) is 114 Å². The van der Waals surface area contributed by atoms with Crippen molar-refractivity contribution in [2.75, 3.05) is 0 Å². The van der Waals surface area contributed by atoms with Gasteiger partial charge in [-0.25, -0.2) is 9.59 Å². The molecule has 0 aliphatic heterocycles. The van der Waals surface area contributed by atoms with Crippen LogP contribution in [0.1, 0.15) is 25.7 Å². The van der Waals surface area contributed by atoms with Crippen molar-refractivity contribution >= 4 is 11.9 Å². The summed E-state index contributed by atoms with van der Waals surface area (Å²) >= 11 is 0. The van der Waals surface area contributed by atoms with Gasteiger partial charge >= 0.3 is 83.5 Å². The molecule has 30 heteroatoms. The molecule has 0 radical (unpaired) electrons. The molecule has 4 nitrogen and oxygen atoms in total. The van der Waals surface area contributed by atoms with Gasteiger partial charge in [0.25, 0.3) is 0 Å². The largest absolute Gasteiger partial charge is 0.478 e. The Hall–Kier alpha value is -3.14. The number of hydrogen-bond acceptors (Lipinski definition) is 2. The third-order valence-electron chi connectivity index (χ3n) is 6.58. The summed E-state index contributed by atoms with van der Waals surface area (Å²) in [6.45, 7) is 0. The third-order valence-corrected chi connectivity index (χ3v) is 6.58. The van der Waals surface area contributed by atoms with E-state index in [4.69, 9.17) is 10.2 Å². The molecule has 0 aliphatic rings. The van der Waals surface area contributed by atoms with Gasteiger partial charge in [0.15, 0.2) is 0 Å². The molecular formula is C21H12F26O4. The number of hydrogen-bond donors (Lipinski definition) is 2. The monoisotopic (exact) mass is 822 g/mol. The number of carbonyl (C=O) groups is 2. The maximum Gasteiger partial charge on any atom is 0.460 e. The van der Waals surface area contributed by atoms with E-state index in [0.717, 1.165) is 0 Å². The van der Waals surface area contributed by atoms with Gasteiger partial charge in [0.1, 0.15) is 0 Å². The first-order chi connectivity index (χ1) is 21.8. The lowest BCUT2D eigenvalue weighted by Crippen LogP contribution is -2.70. The number of carboxylic acid groups (broad SMARTS) is 2. The molecule has 0 fully saturated rings. The molecule has 0 rings (SSSR count). The summed E-state index contributed by atoms with van der Waals surface area (Å²) in [6.07, 6.45) is -29.4. The molecular weight excluding hydrogens is 810 g/mol. The highest BCUT2D eigenvalue weighted by atomic mass is 19.4. The Balaban J connectivity index is 6.99. The molecule has 0 heterocycles. The molecule has 302 valence electrons. The van der Waals surface area contributed by atoms with Gasteiger partial charge in [-0.15, -0.1) is 0 Å². The highest BCUT2D eigenvalue weighted by molar-refractivity contribution is 5.95. The van der Waals surface area contributed by atoms with Crippen molar-refractivity contribution in [1.82, 2.24) is 0 Å². The molecule has 0 spiro atoms. The van der Waals surface area contributed by atoms with E-state index in [0.29, 0.717) is 0 Å². The number of rotatable bonds is 17. The first kappa shape index (κ1) is 47.9. The van der Waals surface area contributed by atoms with E-state index in [-0.39, 0.29) is 0 Å². The summed E-state index contributed by atoms with van der Waals surface area (Å²) < 4.78 is 346. The molecule has 0 saturated heterocycles. The minimum absolute atomic E-state index is 0.890. The van der Waals surface area contributed by atoms with Crippen LogP contribution >= 0.6 is 0 Å². The standard InChI is InChI=1S/C21H12F26O4/c22-10(23,12(26,27)14(30,31)16(34,35)18(38,39)20(42,43)44)3-1-6(7(9(50)51)5-8(48)49)2-4-11(24,25)13(28,29)15(32,33)17(36,37)19(40,41)21(45,46)47/h5-6H,1-4H2,(H,48,49)(H,50,51)/b7-5-. The average Bonchev–Trinajstić information content (AvgIpc) is 2.89. The van der Waals surface area contributed by atoms with Crippen LogP contribution in [-0.2, 0) is 9.59 Å². The lowest BCUT2D eigenvalue weighted by atomic mass is 9.83. The van der Waals surface area contributed by atoms with Crippen molar-refractivity contribution in [1.29, 1.82) is 0 Å². The molecule has 0 amide bonds. The fourth-order valence-corrected chi connectivity index (χ4v) is 3.57. The van der Waals surface area contributed by atoms with Gasteiger partial charge in [0, 0.05) is 24.5 Å². The zero-order chi connectivity index (χ0) is 41.8. The van der Waals surface area contributed by atoms with Crippen molar-refractivity contribution in [3.05, 3.63) is 11.6 Å². The van der Waals surface area contributed by atoms with E-state index in [2.05, 4.69) is 0 Å². The number of carboxylic acids is 2. The fraction of sp³-hybridized carbons (Fsp3) is 0.810. The average molecular weight is 822 g/mol. The van der Waals surface area contributed by atoms with Crippen LogP contribution in [0.5, 0.6) is 0 Å². The van der Waals surface area contributed by atoms with Crippen LogP contribution in [0.25, 0.3) is 0 Å². The lowest BCUT2D eigenvalue weighted by molar-refractivity contribution is -0.440. The van der Waals surface area contributed by atoms with E-state index in [1.807, 2.05) is 0 Å². The highest BCUT2D eigenvalue weighted by Crippen LogP contribution is 2.63. The lowest BCUT2D eigenvalue weighted by Gasteiger charge is -2.40. The predicted octanol–water partition coefficient (Wildman–Crippen LogP) is 9.74. The minimum Gasteiger partial charge on any atom is -0.478 e. The SMILES string of the molecule is O=C(O)/C=C(\C(=O)O)C(CCC(F)(F)C(F)(F)C(F)(F)C(F)(F)C(F)(F)C(F)(F)F)CCC(F)(F)C(F)(F)C(F)(F)C(F)(F)C(F)(F)C(F)(F)F. The Labute approximate surface area is 262 Å². The van der Waals surface area contributed by atoms with Crippen LogP contribution in [0, 0.1) is 5.92 Å². The number of halogens is 26. The summed E-state index contributed by atoms with van der Waals surface area (Å²) in [7, 11) is 0. The van der Waals surface area contributed by atoms with Crippen molar-refractivity contribution < 1.29 is 134 Å². The minimum atomic E-state index is -8.51. The number of aliphatic carboxylic acids is 2. The van der Waals surface area contributed by atoms with Gasteiger partial charge in [0.2, 0.25) is 0 Å². The van der Waals surface area contributed by atoms with Crippen LogP contribution in [0.4, 0.5) is 114 Å². The van der Waals surface area contributed by atoms with Crippen molar-refractivity contribution in [3.63, 3.8) is 0 Å². The summed E-state index contributed by atoms with van der Waals surface area (Å²) in [5, 5.41) is 17.6. The smallest absolute Gasteiger partial charge is 0.460 e. The Morgan fingerprint density at radius 2 is 0.647 bits per heavy atom. The number of alkyl halides is 26. The molecule has 51 heavy (non-hydrogen) atoms. The van der Waals surface area contributed by atoms with E-state index in [1.165, 1.54) is 0 Å². The second kappa shape index (κ2) is 13.4. The molecule has 2 N–H and O–H groups in total. The van der Waals surface area contributed by atoms with Crippen LogP contribution in [0.2, 0.25) is 0 Å². The topological polar surface area (TPSA) is 74.6 Å². The van der Waals surface area contributed by atoms with Crippen LogP contribution in [0.15, 0.2) is 11.6 Å². The maximum absolute atomic E-state index is 14.2. The Kier molecular flexibility index (Phi) is 12.5. The zero-order valence-corrected chi connectivity index (χ0v) is 23.0. The zero-order valence-electron chi connectivity index (χ0n) is 23.0. The van der Waals surface area contributed by atoms with E-state index in [1.54, 1.807) is 0 Å². The summed E-state index contributed by atoms with van der Waals surface area (Å²) in [6, 6.07) is 0. The summed E-state index contributed by atoms with van der Waals surface area (Å²) in [4.78, 5) is 22.1. The Morgan fingerprint density at radius 3 is 0.843 bits per heavy atom. The molecule has 0 aliphatic carbocycles. The molecule has 0 aromatic rings. The quantitative estimate of drug-likeness (QED) is 0.113. The van der Waals surface area contributed by atoms with Gasteiger partial charge in [-0.05, 0) is 18.8 Å². The van der Waals surface area contributed by atoms with Gasteiger partial charge < -0.3 is 10.2 Å². The Bertz CT molecular complexity index is 1230. The molecule has 0 aromatic heterocycles. The van der Waals surface area contributed by atoms with Crippen LogP contribution < -0.4 is 0 Å². The van der Waals surface area contributed by atoms with Gasteiger partial charge in [-0.3, -0.25) is 0 Å². The summed E-state index contributed by atoms with van der Waals surface area (Å²) in [5.74, 6) is -90.4. The molecule has 0 saturated carbocycles. The van der Waals surface area contributed by atoms with E-state index < -0.39 is 127 Å². The summed E-state index contributed by atoms with van der Waals surface area (Å²) in [5.41, 5.74) is -2.35. The second-order valence-corrected chi connectivity index (χ2v) is 10.0. The third kappa shape index (κ3) is 7.67. The van der Waals surface area contributed by atoms with E-state index >= 15 is 0 Å². The first-order valence-corrected chi connectivity index (χ1v) is 11.9. The van der Waals surface area contributed by atoms with Crippen molar-refractivity contribution in [3.8, 4) is 0 Å². The van der Waals surface area contributed by atoms with Crippen molar-refractivity contribution in [2.24, 2.45) is 5.92 Å². The molecule has 0 aromatic carbocycles. The first-order valence-electron chi connectivity index (χ1n) is 11.9. The fourth-order valence-electron chi connectivity index (χ4n) is 3.57. The predicted molar refractivity (Wildman–Crippen MR) is 107 cm³/mol. The maximum atomic E-state index is 14.2. The molecule has 0 atom stereocenters. The molecule has 0 bridgehead atoms. The van der Waals surface area contributed by atoms with E-state index in [9.17, 15) is 124 Å². The molecule has 0 unspecified atom stereocenters. The Morgan fingerprint density at radius 1 is 0.412 bits per heavy atom. The highest BCUT2D eigenvalue weighted by Gasteiger charge is 2.92. The van der Waals surface area contributed by atoms with Gasteiger partial charge in [-0.1, -0.05) is 0 Å². The van der Waals surface area contributed by atoms with Crippen LogP contribution in [0.3, 0.4) is 0 Å². The van der Waals surface area contributed by atoms with Gasteiger partial charge in [0.05, 0.1) is 0 Å². The normalized spacial score (nSPS) is 16.2. The second-order valence-electron chi connectivity index (χ2n) is 10.0.